The molecule has 1 aliphatic carbocycles. The molecule has 0 aromatic heterocycles. The van der Waals surface area contributed by atoms with Gasteiger partial charge in [0.05, 0.1) is 0 Å². The molecule has 1 aliphatic rings. The van der Waals surface area contributed by atoms with Gasteiger partial charge in [0.1, 0.15) is 11.6 Å². The molecule has 1 aromatic rings. The van der Waals surface area contributed by atoms with Crippen LogP contribution >= 0.6 is 0 Å². The van der Waals surface area contributed by atoms with E-state index in [1.54, 1.807) is 24.3 Å². The van der Waals surface area contributed by atoms with Crippen molar-refractivity contribution in [3.8, 4) is 6.07 Å². The topological polar surface area (TPSA) is 108 Å². The lowest BCUT2D eigenvalue weighted by molar-refractivity contribution is -0.118. The van der Waals surface area contributed by atoms with Crippen molar-refractivity contribution in [2.75, 3.05) is 5.73 Å². The Morgan fingerprint density at radius 3 is 2.43 bits per heavy atom. The monoisotopic (exact) mass is 312 g/mol. The summed E-state index contributed by atoms with van der Waals surface area (Å²) in [6.07, 6.45) is 6.38. The smallest absolute Gasteiger partial charge is 0.263 e. The number of nitrogens with one attached hydrogen (secondary N) is 2. The van der Waals surface area contributed by atoms with Crippen molar-refractivity contribution in [1.29, 1.82) is 5.26 Å². The molecule has 120 valence electrons. The minimum Gasteiger partial charge on any atom is -0.399 e. The molecule has 0 saturated heterocycles. The number of carbonyl (C=O) groups is 2. The first kappa shape index (κ1) is 16.6. The van der Waals surface area contributed by atoms with Crippen LogP contribution in [0.1, 0.15) is 42.5 Å². The van der Waals surface area contributed by atoms with Gasteiger partial charge in [-0.2, -0.15) is 5.26 Å². The molecule has 0 bridgehead atoms. The third kappa shape index (κ3) is 4.85. The second kappa shape index (κ2) is 7.99. The van der Waals surface area contributed by atoms with Crippen molar-refractivity contribution in [2.45, 2.75) is 38.1 Å². The number of nitrogen functional groups attached to an aromatic ring is 1. The third-order valence-corrected chi connectivity index (χ3v) is 3.83. The maximum Gasteiger partial charge on any atom is 0.263 e. The number of benzene rings is 1. The van der Waals surface area contributed by atoms with Crippen LogP contribution in [0.5, 0.6) is 0 Å². The van der Waals surface area contributed by atoms with Crippen LogP contribution in [-0.2, 0) is 4.79 Å². The van der Waals surface area contributed by atoms with E-state index in [2.05, 4.69) is 10.6 Å². The predicted molar refractivity (Wildman–Crippen MR) is 87.0 cm³/mol. The molecule has 0 heterocycles. The van der Waals surface area contributed by atoms with Crippen LogP contribution in [-0.4, -0.2) is 17.9 Å². The summed E-state index contributed by atoms with van der Waals surface area (Å²) in [5.41, 5.74) is 6.41. The lowest BCUT2D eigenvalue weighted by Gasteiger charge is -2.22. The van der Waals surface area contributed by atoms with Crippen molar-refractivity contribution in [1.82, 2.24) is 10.6 Å². The summed E-state index contributed by atoms with van der Waals surface area (Å²) in [5, 5.41) is 14.4. The SMILES string of the molecule is N#C/C(=C/NC(=O)c1ccc(N)cc1)C(=O)NC1CCCCC1. The predicted octanol–water partition coefficient (Wildman–Crippen LogP) is 1.85. The van der Waals surface area contributed by atoms with Crippen molar-refractivity contribution in [2.24, 2.45) is 0 Å². The fourth-order valence-electron chi connectivity index (χ4n) is 2.51. The molecule has 0 unspecified atom stereocenters. The summed E-state index contributed by atoms with van der Waals surface area (Å²) in [5.74, 6) is -0.847. The molecular weight excluding hydrogens is 292 g/mol. The van der Waals surface area contributed by atoms with Gasteiger partial charge in [-0.1, -0.05) is 19.3 Å². The summed E-state index contributed by atoms with van der Waals surface area (Å²) < 4.78 is 0. The Kier molecular flexibility index (Phi) is 5.75. The number of rotatable bonds is 4. The van der Waals surface area contributed by atoms with E-state index in [0.717, 1.165) is 31.9 Å². The number of nitrogens with two attached hydrogens (primary N) is 1. The summed E-state index contributed by atoms with van der Waals surface area (Å²) in [6, 6.07) is 8.31. The number of carbonyl (C=O) groups excluding carboxylic acids is 2. The van der Waals surface area contributed by atoms with Crippen molar-refractivity contribution >= 4 is 17.5 Å². The lowest BCUT2D eigenvalue weighted by atomic mass is 9.95. The average Bonchev–Trinajstić information content (AvgIpc) is 2.56. The second-order valence-corrected chi connectivity index (χ2v) is 5.57. The average molecular weight is 312 g/mol. The number of nitriles is 1. The van der Waals surface area contributed by atoms with Crippen molar-refractivity contribution in [3.05, 3.63) is 41.6 Å². The van der Waals surface area contributed by atoms with Crippen molar-refractivity contribution < 1.29 is 9.59 Å². The van der Waals surface area contributed by atoms with Crippen LogP contribution in [0.15, 0.2) is 36.0 Å². The van der Waals surface area contributed by atoms with E-state index in [0.29, 0.717) is 11.3 Å². The first-order valence-electron chi connectivity index (χ1n) is 7.67. The molecule has 6 heteroatoms. The van der Waals surface area contributed by atoms with Gasteiger partial charge in [0, 0.05) is 23.5 Å². The molecule has 2 amide bonds. The lowest BCUT2D eigenvalue weighted by Crippen LogP contribution is -2.37. The largest absolute Gasteiger partial charge is 0.399 e. The Bertz CT molecular complexity index is 638. The van der Waals surface area contributed by atoms with Gasteiger partial charge in [0.15, 0.2) is 0 Å². The summed E-state index contributed by atoms with van der Waals surface area (Å²) >= 11 is 0. The Hall–Kier alpha value is -2.81. The van der Waals surface area contributed by atoms with Gasteiger partial charge >= 0.3 is 0 Å². The summed E-state index contributed by atoms with van der Waals surface area (Å²) in [6.45, 7) is 0. The molecule has 4 N–H and O–H groups in total. The van der Waals surface area contributed by atoms with E-state index >= 15 is 0 Å². The molecule has 6 nitrogen and oxygen atoms in total. The number of nitrogens with zero attached hydrogens (tertiary/aromatic N) is 1. The molecule has 0 aliphatic heterocycles. The van der Waals surface area contributed by atoms with Gasteiger partial charge in [-0.3, -0.25) is 9.59 Å². The van der Waals surface area contributed by atoms with Crippen LogP contribution in [0, 0.1) is 11.3 Å². The molecule has 0 atom stereocenters. The number of hydrogen-bond acceptors (Lipinski definition) is 4. The van der Waals surface area contributed by atoms with Gasteiger partial charge in [-0.25, -0.2) is 0 Å². The van der Waals surface area contributed by atoms with E-state index in [4.69, 9.17) is 11.0 Å². The molecule has 0 radical (unpaired) electrons. The van der Waals surface area contributed by atoms with Crippen LogP contribution in [0.3, 0.4) is 0 Å². The zero-order valence-electron chi connectivity index (χ0n) is 12.8. The van der Waals surface area contributed by atoms with E-state index in [-0.39, 0.29) is 11.6 Å². The first-order chi connectivity index (χ1) is 11.1. The van der Waals surface area contributed by atoms with E-state index in [9.17, 15) is 9.59 Å². The highest BCUT2D eigenvalue weighted by molar-refractivity contribution is 5.99. The highest BCUT2D eigenvalue weighted by Crippen LogP contribution is 2.17. The molecule has 23 heavy (non-hydrogen) atoms. The number of amides is 2. The zero-order valence-corrected chi connectivity index (χ0v) is 12.8. The third-order valence-electron chi connectivity index (χ3n) is 3.83. The standard InChI is InChI=1S/C17H20N4O2/c18-10-13(17(23)21-15-4-2-1-3-5-15)11-20-16(22)12-6-8-14(19)9-7-12/h6-9,11,15H,1-5,19H2,(H,20,22)(H,21,23)/b13-11-. The minimum atomic E-state index is -0.447. The molecule has 2 rings (SSSR count). The molecule has 1 fully saturated rings. The molecule has 1 saturated carbocycles. The minimum absolute atomic E-state index is 0.112. The van der Waals surface area contributed by atoms with Crippen LogP contribution in [0.2, 0.25) is 0 Å². The Morgan fingerprint density at radius 2 is 1.83 bits per heavy atom. The maximum absolute atomic E-state index is 12.1. The van der Waals surface area contributed by atoms with E-state index in [1.165, 1.54) is 6.42 Å². The van der Waals surface area contributed by atoms with Gasteiger partial charge in [0.25, 0.3) is 11.8 Å². The van der Waals surface area contributed by atoms with Gasteiger partial charge in [-0.15, -0.1) is 0 Å². The normalized spacial score (nSPS) is 15.5. The Labute approximate surface area is 135 Å². The van der Waals surface area contributed by atoms with Gasteiger partial charge < -0.3 is 16.4 Å². The van der Waals surface area contributed by atoms with Crippen LogP contribution in [0.4, 0.5) is 5.69 Å². The fraction of sp³-hybridized carbons (Fsp3) is 0.353. The quantitative estimate of drug-likeness (QED) is 0.448. The Morgan fingerprint density at radius 1 is 1.17 bits per heavy atom. The van der Waals surface area contributed by atoms with Gasteiger partial charge in [0.2, 0.25) is 0 Å². The number of anilines is 1. The molecule has 0 spiro atoms. The summed E-state index contributed by atoms with van der Waals surface area (Å²) in [4.78, 5) is 24.0. The van der Waals surface area contributed by atoms with Crippen molar-refractivity contribution in [3.63, 3.8) is 0 Å². The second-order valence-electron chi connectivity index (χ2n) is 5.57. The molecular formula is C17H20N4O2. The highest BCUT2D eigenvalue weighted by Gasteiger charge is 2.18. The molecule has 1 aromatic carbocycles. The first-order valence-corrected chi connectivity index (χ1v) is 7.67. The zero-order chi connectivity index (χ0) is 16.7. The van der Waals surface area contributed by atoms with E-state index < -0.39 is 11.8 Å². The van der Waals surface area contributed by atoms with Gasteiger partial charge in [-0.05, 0) is 37.1 Å². The summed E-state index contributed by atoms with van der Waals surface area (Å²) in [7, 11) is 0. The number of hydrogen-bond donors (Lipinski definition) is 3. The van der Waals surface area contributed by atoms with Crippen LogP contribution in [0.25, 0.3) is 0 Å². The van der Waals surface area contributed by atoms with E-state index in [1.807, 2.05) is 6.07 Å². The Balaban J connectivity index is 1.95. The highest BCUT2D eigenvalue weighted by atomic mass is 16.2. The van der Waals surface area contributed by atoms with Crippen LogP contribution < -0.4 is 16.4 Å². The maximum atomic E-state index is 12.1. The fourth-order valence-corrected chi connectivity index (χ4v) is 2.51.